The van der Waals surface area contributed by atoms with Gasteiger partial charge in [-0.25, -0.2) is 0 Å². The van der Waals surface area contributed by atoms with Crippen molar-refractivity contribution in [2.75, 3.05) is 33.6 Å². The number of ether oxygens (including phenoxy) is 2. The molecule has 25 heavy (non-hydrogen) atoms. The molecule has 0 aliphatic rings. The molecule has 2 aromatic carbocycles. The number of rotatable bonds is 8. The lowest BCUT2D eigenvalue weighted by Crippen LogP contribution is -2.30. The fourth-order valence-corrected chi connectivity index (χ4v) is 2.97. The van der Waals surface area contributed by atoms with Crippen LogP contribution in [0.25, 0.3) is 0 Å². The molecule has 0 saturated carbocycles. The molecular formula is C19H23NO4S. The second-order valence-corrected chi connectivity index (χ2v) is 7.10. The largest absolute Gasteiger partial charge is 0.497 e. The molecule has 134 valence electrons. The van der Waals surface area contributed by atoms with Crippen LogP contribution in [0.5, 0.6) is 11.5 Å². The number of hydrogen-bond acceptors (Lipinski definition) is 4. The third kappa shape index (κ3) is 5.90. The lowest BCUT2D eigenvalue weighted by Gasteiger charge is -2.18. The van der Waals surface area contributed by atoms with Crippen molar-refractivity contribution < 1.29 is 18.5 Å². The first-order valence-corrected chi connectivity index (χ1v) is 9.63. The van der Waals surface area contributed by atoms with E-state index in [4.69, 9.17) is 9.47 Å². The normalized spacial score (nSPS) is 11.6. The van der Waals surface area contributed by atoms with Crippen molar-refractivity contribution in [1.29, 1.82) is 0 Å². The van der Waals surface area contributed by atoms with E-state index in [1.165, 1.54) is 0 Å². The quantitative estimate of drug-likeness (QED) is 0.725. The Morgan fingerprint density at radius 1 is 1.12 bits per heavy atom. The van der Waals surface area contributed by atoms with Gasteiger partial charge in [0.15, 0.2) is 0 Å². The van der Waals surface area contributed by atoms with Crippen LogP contribution in [0.4, 0.5) is 0 Å². The van der Waals surface area contributed by atoms with Crippen LogP contribution in [0.2, 0.25) is 0 Å². The van der Waals surface area contributed by atoms with Gasteiger partial charge in [-0.05, 0) is 42.0 Å². The van der Waals surface area contributed by atoms with E-state index in [0.29, 0.717) is 24.5 Å². The number of carbonyl (C=O) groups excluding carboxylic acids is 1. The number of methoxy groups -OCH3 is 1. The minimum Gasteiger partial charge on any atom is -0.497 e. The molecule has 0 bridgehead atoms. The Balaban J connectivity index is 1.88. The van der Waals surface area contributed by atoms with E-state index in [9.17, 15) is 9.00 Å². The molecule has 1 atom stereocenters. The second-order valence-electron chi connectivity index (χ2n) is 5.67. The average molecular weight is 361 g/mol. The maximum atomic E-state index is 12.5. The first-order chi connectivity index (χ1) is 12.0. The van der Waals surface area contributed by atoms with Crippen molar-refractivity contribution in [1.82, 2.24) is 4.90 Å². The van der Waals surface area contributed by atoms with Crippen LogP contribution in [-0.2, 0) is 16.6 Å². The van der Waals surface area contributed by atoms with Gasteiger partial charge < -0.3 is 14.4 Å². The number of nitrogens with zero attached hydrogens (tertiary/aromatic N) is 1. The van der Waals surface area contributed by atoms with Crippen LogP contribution in [-0.4, -0.2) is 48.6 Å². The smallest absolute Gasteiger partial charge is 0.253 e. The molecule has 0 aliphatic carbocycles. The van der Waals surface area contributed by atoms with Crippen LogP contribution in [0.3, 0.4) is 0 Å². The van der Waals surface area contributed by atoms with Gasteiger partial charge in [0.25, 0.3) is 5.91 Å². The summed E-state index contributed by atoms with van der Waals surface area (Å²) in [5, 5.41) is 0. The summed E-state index contributed by atoms with van der Waals surface area (Å²) in [5.41, 5.74) is 1.49. The Morgan fingerprint density at radius 2 is 1.80 bits per heavy atom. The summed E-state index contributed by atoms with van der Waals surface area (Å²) < 4.78 is 22.1. The number of hydrogen-bond donors (Lipinski definition) is 0. The maximum absolute atomic E-state index is 12.5. The Hall–Kier alpha value is -2.34. The zero-order valence-electron chi connectivity index (χ0n) is 14.7. The molecule has 0 heterocycles. The zero-order valence-corrected chi connectivity index (χ0v) is 15.5. The fourth-order valence-electron chi connectivity index (χ4n) is 2.32. The van der Waals surface area contributed by atoms with E-state index < -0.39 is 10.8 Å². The fraction of sp³-hybridized carbons (Fsp3) is 0.316. The van der Waals surface area contributed by atoms with Crippen molar-refractivity contribution >= 4 is 16.7 Å². The molecular weight excluding hydrogens is 338 g/mol. The number of amides is 1. The molecule has 6 heteroatoms. The highest BCUT2D eigenvalue weighted by Crippen LogP contribution is 2.17. The van der Waals surface area contributed by atoms with Crippen molar-refractivity contribution in [3.8, 4) is 11.5 Å². The molecule has 5 nitrogen and oxygen atoms in total. The molecule has 0 radical (unpaired) electrons. The van der Waals surface area contributed by atoms with Gasteiger partial charge in [0, 0.05) is 35.4 Å². The first-order valence-electron chi connectivity index (χ1n) is 7.91. The van der Waals surface area contributed by atoms with E-state index in [1.54, 1.807) is 37.4 Å². The third-order valence-corrected chi connectivity index (χ3v) is 4.39. The Labute approximate surface area is 151 Å². The highest BCUT2D eigenvalue weighted by atomic mass is 32.2. The van der Waals surface area contributed by atoms with Gasteiger partial charge in [0.05, 0.1) is 13.7 Å². The predicted molar refractivity (Wildman–Crippen MR) is 99.7 cm³/mol. The Bertz CT molecular complexity index is 730. The van der Waals surface area contributed by atoms with Crippen LogP contribution >= 0.6 is 0 Å². The lowest BCUT2D eigenvalue weighted by molar-refractivity contribution is 0.0773. The summed E-state index contributed by atoms with van der Waals surface area (Å²) in [7, 11) is 2.42. The monoisotopic (exact) mass is 361 g/mol. The van der Waals surface area contributed by atoms with Gasteiger partial charge >= 0.3 is 0 Å². The first kappa shape index (κ1) is 19.0. The second kappa shape index (κ2) is 9.22. The van der Waals surface area contributed by atoms with E-state index in [1.807, 2.05) is 36.4 Å². The van der Waals surface area contributed by atoms with E-state index >= 15 is 0 Å². The predicted octanol–water partition coefficient (Wildman–Crippen LogP) is 2.72. The van der Waals surface area contributed by atoms with Crippen molar-refractivity contribution in [2.24, 2.45) is 0 Å². The highest BCUT2D eigenvalue weighted by molar-refractivity contribution is 7.83. The van der Waals surface area contributed by atoms with Gasteiger partial charge in [-0.15, -0.1) is 0 Å². The number of benzene rings is 2. The summed E-state index contributed by atoms with van der Waals surface area (Å²) in [5.74, 6) is 1.87. The molecule has 0 spiro atoms. The topological polar surface area (TPSA) is 55.8 Å². The molecule has 0 N–H and O–H groups in total. The maximum Gasteiger partial charge on any atom is 0.253 e. The number of likely N-dealkylation sites (N-methyl/N-ethyl adjacent to an activating group) is 1. The lowest BCUT2D eigenvalue weighted by atomic mass is 10.1. The summed E-state index contributed by atoms with van der Waals surface area (Å²) in [6, 6.07) is 14.6. The van der Waals surface area contributed by atoms with Crippen molar-refractivity contribution in [3.05, 3.63) is 59.7 Å². The van der Waals surface area contributed by atoms with E-state index in [2.05, 4.69) is 0 Å². The molecule has 0 aromatic heterocycles. The SMILES string of the molecule is COc1ccc(OCCN(C)C(=O)c2cccc(CS(C)=O)c2)cc1. The van der Waals surface area contributed by atoms with Crippen LogP contribution in [0.1, 0.15) is 15.9 Å². The summed E-state index contributed by atoms with van der Waals surface area (Å²) in [4.78, 5) is 14.1. The Morgan fingerprint density at radius 3 is 2.44 bits per heavy atom. The van der Waals surface area contributed by atoms with Crippen LogP contribution in [0, 0.1) is 0 Å². The minimum atomic E-state index is -0.931. The molecule has 0 fully saturated rings. The molecule has 0 aliphatic heterocycles. The zero-order chi connectivity index (χ0) is 18.2. The molecule has 1 amide bonds. The molecule has 1 unspecified atom stereocenters. The summed E-state index contributed by atoms with van der Waals surface area (Å²) in [6.07, 6.45) is 1.65. The summed E-state index contributed by atoms with van der Waals surface area (Å²) in [6.45, 7) is 0.863. The molecule has 2 aromatic rings. The van der Waals surface area contributed by atoms with Crippen LogP contribution < -0.4 is 9.47 Å². The van der Waals surface area contributed by atoms with Gasteiger partial charge in [0.2, 0.25) is 0 Å². The van der Waals surface area contributed by atoms with E-state index in [-0.39, 0.29) is 5.91 Å². The third-order valence-electron chi connectivity index (χ3n) is 3.65. The van der Waals surface area contributed by atoms with Gasteiger partial charge in [-0.2, -0.15) is 0 Å². The molecule has 0 saturated heterocycles. The summed E-state index contributed by atoms with van der Waals surface area (Å²) >= 11 is 0. The van der Waals surface area contributed by atoms with Crippen molar-refractivity contribution in [3.63, 3.8) is 0 Å². The van der Waals surface area contributed by atoms with Gasteiger partial charge in [-0.3, -0.25) is 9.00 Å². The van der Waals surface area contributed by atoms with Crippen molar-refractivity contribution in [2.45, 2.75) is 5.75 Å². The standard InChI is InChI=1S/C19H23NO4S/c1-20(11-12-24-18-9-7-17(23-2)8-10-18)19(21)16-6-4-5-15(13-16)14-25(3)22/h4-10,13H,11-12,14H2,1-3H3. The molecule has 2 rings (SSSR count). The highest BCUT2D eigenvalue weighted by Gasteiger charge is 2.12. The van der Waals surface area contributed by atoms with Crippen LogP contribution in [0.15, 0.2) is 48.5 Å². The van der Waals surface area contributed by atoms with Gasteiger partial charge in [0.1, 0.15) is 18.1 Å². The average Bonchev–Trinajstić information content (AvgIpc) is 2.61. The van der Waals surface area contributed by atoms with E-state index in [0.717, 1.165) is 17.1 Å². The minimum absolute atomic E-state index is 0.0814. The Kier molecular flexibility index (Phi) is 7.01. The van der Waals surface area contributed by atoms with Gasteiger partial charge in [-0.1, -0.05) is 12.1 Å². The number of carbonyl (C=O) groups is 1.